The summed E-state index contributed by atoms with van der Waals surface area (Å²) in [4.78, 5) is 28.0. The Morgan fingerprint density at radius 3 is 0.847 bits per heavy atom. The molecule has 0 fully saturated rings. The van der Waals surface area contributed by atoms with Crippen LogP contribution in [0.2, 0.25) is 0 Å². The molecule has 0 atom stereocenters. The molecule has 24 aromatic rings. The number of nitrogens with zero attached hydrogens (tertiary/aromatic N) is 6. The largest absolute Gasteiger partial charge is 0.455 e. The molecule has 0 saturated carbocycles. The van der Waals surface area contributed by atoms with E-state index in [4.69, 9.17) is 18.2 Å². The second-order valence-electron chi connectivity index (χ2n) is 28.2. The lowest BCUT2D eigenvalue weighted by atomic mass is 9.91. The molecule has 0 aliphatic heterocycles. The highest BCUT2D eigenvalue weighted by Crippen LogP contribution is 2.45. The SMILES string of the molecule is c1cc(-c2ccc3c(c2)c2ccccc2c2nccnc32)cc(-c2cccc3c2oc2ccccc23)c1.c1ccc(-c2cccc3c2oc2ccccc23)c(-c2ccc3c(c2)c2ccccc2c2nccnc32)c1.c1ccc2c(c1)oc1c(-c3ccc(-c4ccc5c(c4)c4ccccc4c4nccnc54)cc3)cccc12. The third-order valence-electron chi connectivity index (χ3n) is 22.1. The van der Waals surface area contributed by atoms with Crippen molar-refractivity contribution in [1.82, 2.24) is 29.9 Å². The van der Waals surface area contributed by atoms with Gasteiger partial charge < -0.3 is 13.3 Å². The highest BCUT2D eigenvalue weighted by molar-refractivity contribution is 6.26. The highest BCUT2D eigenvalue weighted by atomic mass is 16.3. The fourth-order valence-electron chi connectivity index (χ4n) is 17.0. The van der Waals surface area contributed by atoms with E-state index in [1.54, 1.807) is 37.2 Å². The second kappa shape index (κ2) is 25.9. The first-order chi connectivity index (χ1) is 55.1. The number of benzene rings is 18. The number of hydrogen-bond acceptors (Lipinski definition) is 9. The van der Waals surface area contributed by atoms with Gasteiger partial charge in [-0.2, -0.15) is 0 Å². The minimum atomic E-state index is 0.910. The van der Waals surface area contributed by atoms with E-state index in [1.807, 2.05) is 36.4 Å². The van der Waals surface area contributed by atoms with Gasteiger partial charge in [-0.15, -0.1) is 0 Å². The lowest BCUT2D eigenvalue weighted by Crippen LogP contribution is -1.90. The van der Waals surface area contributed by atoms with E-state index in [9.17, 15) is 0 Å². The zero-order valence-electron chi connectivity index (χ0n) is 59.5. The van der Waals surface area contributed by atoms with Gasteiger partial charge in [-0.25, -0.2) is 0 Å². The first kappa shape index (κ1) is 63.2. The minimum absolute atomic E-state index is 0.910. The summed E-state index contributed by atoms with van der Waals surface area (Å²) in [7, 11) is 0. The van der Waals surface area contributed by atoms with Crippen molar-refractivity contribution in [2.45, 2.75) is 0 Å². The summed E-state index contributed by atoms with van der Waals surface area (Å²) in [6, 6.07) is 115. The van der Waals surface area contributed by atoms with E-state index in [2.05, 4.69) is 316 Å². The average molecular weight is 1420 g/mol. The van der Waals surface area contributed by atoms with Crippen LogP contribution in [0.4, 0.5) is 0 Å². The Labute approximate surface area is 634 Å². The van der Waals surface area contributed by atoms with Crippen molar-refractivity contribution < 1.29 is 13.3 Å². The number of rotatable bonds is 6. The van der Waals surface area contributed by atoms with Crippen LogP contribution in [0, 0.1) is 0 Å². The number of fused-ring (bicyclic) bond motifs is 27. The molecule has 0 N–H and O–H groups in total. The molecule has 0 amide bonds. The molecule has 0 unspecified atom stereocenters. The first-order valence-corrected chi connectivity index (χ1v) is 37.2. The standard InChI is InChI=1S/3C34H20N2O/c1-2-11-27-25(9-1)30-20-22(15-16-28(30)33-32(27)35-17-18-36-33)21-7-5-8-23(19-21)24-12-6-13-29-26-10-3-4-14-31(26)37-34(24)29;1-2-9-23(28-13-7-14-29-25-11-5-6-15-31(25)37-34(28)29)22(8-1)21-16-17-27-30(20-21)24-10-3-4-12-26(24)32-33(27)36-19-18-35-32;1-2-8-27-25(6-1)30-20-23(16-17-28(30)33-32(27)35-18-19-36-33)21-12-14-22(15-13-21)24-9-5-10-29-26-7-3-4-11-31(26)37-34(24)29/h3*1-20H. The summed E-state index contributed by atoms with van der Waals surface area (Å²) < 4.78 is 19.0. The van der Waals surface area contributed by atoms with Crippen LogP contribution in [0.25, 0.3) is 230 Å². The summed E-state index contributed by atoms with van der Waals surface area (Å²) in [6.45, 7) is 0. The molecule has 6 aromatic heterocycles. The maximum Gasteiger partial charge on any atom is 0.143 e. The Balaban J connectivity index is 0.000000102. The Bertz CT molecular complexity index is 7830. The van der Waals surface area contributed by atoms with Gasteiger partial charge in [0.05, 0.1) is 33.1 Å². The van der Waals surface area contributed by atoms with Gasteiger partial charge in [0, 0.05) is 119 Å². The summed E-state index contributed by atoms with van der Waals surface area (Å²) in [5, 5.41) is 20.7. The van der Waals surface area contributed by atoms with Gasteiger partial charge in [-0.3, -0.25) is 29.9 Å². The Morgan fingerprint density at radius 2 is 0.405 bits per heavy atom. The summed E-state index contributed by atoms with van der Waals surface area (Å²) in [6.07, 6.45) is 10.6. The fraction of sp³-hybridized carbons (Fsp3) is 0. The molecule has 0 bridgehead atoms. The molecule has 516 valence electrons. The van der Waals surface area contributed by atoms with Gasteiger partial charge in [0.25, 0.3) is 0 Å². The van der Waals surface area contributed by atoms with Gasteiger partial charge in [0.15, 0.2) is 0 Å². The van der Waals surface area contributed by atoms with E-state index in [0.717, 1.165) is 176 Å². The molecule has 9 heteroatoms. The van der Waals surface area contributed by atoms with Crippen LogP contribution < -0.4 is 0 Å². The first-order valence-electron chi connectivity index (χ1n) is 37.2. The predicted molar refractivity (Wildman–Crippen MR) is 458 cm³/mol. The Hall–Kier alpha value is -15.1. The normalized spacial score (nSPS) is 11.8. The van der Waals surface area contributed by atoms with Crippen LogP contribution in [0.3, 0.4) is 0 Å². The smallest absolute Gasteiger partial charge is 0.143 e. The summed E-state index contributed by atoms with van der Waals surface area (Å²) >= 11 is 0. The van der Waals surface area contributed by atoms with Crippen molar-refractivity contribution in [2.75, 3.05) is 0 Å². The van der Waals surface area contributed by atoms with E-state index < -0.39 is 0 Å². The van der Waals surface area contributed by atoms with Crippen LogP contribution in [-0.4, -0.2) is 29.9 Å². The lowest BCUT2D eigenvalue weighted by Gasteiger charge is -2.13. The van der Waals surface area contributed by atoms with Crippen LogP contribution >= 0.6 is 0 Å². The molecule has 0 saturated heterocycles. The quantitative estimate of drug-likeness (QED) is 0.150. The third kappa shape index (κ3) is 10.5. The zero-order chi connectivity index (χ0) is 73.0. The second-order valence-corrected chi connectivity index (χ2v) is 28.2. The van der Waals surface area contributed by atoms with E-state index in [1.165, 1.54) is 54.6 Å². The van der Waals surface area contributed by atoms with E-state index >= 15 is 0 Å². The lowest BCUT2D eigenvalue weighted by molar-refractivity contribution is 0.669. The molecule has 111 heavy (non-hydrogen) atoms. The summed E-state index contributed by atoms with van der Waals surface area (Å²) in [5.74, 6) is 0. The van der Waals surface area contributed by atoms with Crippen molar-refractivity contribution in [2.24, 2.45) is 0 Å². The molecular weight excluding hydrogens is 1360 g/mol. The fourth-order valence-corrected chi connectivity index (χ4v) is 17.0. The van der Waals surface area contributed by atoms with Gasteiger partial charge in [-0.05, 0) is 125 Å². The monoisotopic (exact) mass is 1420 g/mol. The summed E-state index contributed by atoms with van der Waals surface area (Å²) in [5.41, 5.74) is 24.9. The van der Waals surface area contributed by atoms with Crippen molar-refractivity contribution >= 4 is 164 Å². The molecule has 18 aromatic carbocycles. The van der Waals surface area contributed by atoms with Crippen molar-refractivity contribution in [3.63, 3.8) is 0 Å². The Kier molecular flexibility index (Phi) is 14.7. The van der Waals surface area contributed by atoms with E-state index in [0.29, 0.717) is 0 Å². The highest BCUT2D eigenvalue weighted by Gasteiger charge is 2.21. The topological polar surface area (TPSA) is 117 Å². The molecule has 9 nitrogen and oxygen atoms in total. The molecule has 24 rings (SSSR count). The molecule has 0 radical (unpaired) electrons. The van der Waals surface area contributed by atoms with Crippen LogP contribution in [-0.2, 0) is 0 Å². The third-order valence-corrected chi connectivity index (χ3v) is 22.1. The number of aromatic nitrogens is 6. The van der Waals surface area contributed by atoms with Crippen molar-refractivity contribution in [3.8, 4) is 66.8 Å². The maximum atomic E-state index is 6.39. The predicted octanol–water partition coefficient (Wildman–Crippen LogP) is 27.5. The van der Waals surface area contributed by atoms with Gasteiger partial charge >= 0.3 is 0 Å². The number of para-hydroxylation sites is 6. The van der Waals surface area contributed by atoms with Gasteiger partial charge in [0.2, 0.25) is 0 Å². The van der Waals surface area contributed by atoms with Gasteiger partial charge in [-0.1, -0.05) is 285 Å². The van der Waals surface area contributed by atoms with E-state index in [-0.39, 0.29) is 0 Å². The van der Waals surface area contributed by atoms with Crippen LogP contribution in [0.5, 0.6) is 0 Å². The van der Waals surface area contributed by atoms with Crippen molar-refractivity contribution in [1.29, 1.82) is 0 Å². The molecule has 0 spiro atoms. The zero-order valence-corrected chi connectivity index (χ0v) is 59.5. The van der Waals surface area contributed by atoms with Crippen LogP contribution in [0.1, 0.15) is 0 Å². The van der Waals surface area contributed by atoms with Crippen molar-refractivity contribution in [3.05, 3.63) is 365 Å². The Morgan fingerprint density at radius 1 is 0.144 bits per heavy atom. The molecular formula is C102H60N6O3. The minimum Gasteiger partial charge on any atom is -0.455 e. The molecule has 0 aliphatic carbocycles. The maximum absolute atomic E-state index is 6.39. The number of furan rings is 3. The molecule has 6 heterocycles. The van der Waals surface area contributed by atoms with Gasteiger partial charge in [0.1, 0.15) is 33.5 Å². The van der Waals surface area contributed by atoms with Crippen LogP contribution in [0.15, 0.2) is 378 Å². The molecule has 0 aliphatic rings. The number of hydrogen-bond donors (Lipinski definition) is 0. The average Bonchev–Trinajstić information content (AvgIpc) is 1.72.